The molecular weight excluding hydrogens is 254 g/mol. The van der Waals surface area contributed by atoms with Crippen LogP contribution in [-0.2, 0) is 11.8 Å². The van der Waals surface area contributed by atoms with Crippen LogP contribution in [0, 0.1) is 0 Å². The Morgan fingerprint density at radius 2 is 1.95 bits per heavy atom. The Morgan fingerprint density at radius 3 is 2.42 bits per heavy atom. The summed E-state index contributed by atoms with van der Waals surface area (Å²) in [5.74, 6) is 5.64. The van der Waals surface area contributed by atoms with Gasteiger partial charge in [0.2, 0.25) is 0 Å². The summed E-state index contributed by atoms with van der Waals surface area (Å²) in [7, 11) is 0. The first kappa shape index (κ1) is 14.2. The maximum atomic E-state index is 5.64. The van der Waals surface area contributed by atoms with E-state index >= 15 is 0 Å². The minimum atomic E-state index is 0.132. The van der Waals surface area contributed by atoms with E-state index in [9.17, 15) is 0 Å². The van der Waals surface area contributed by atoms with E-state index in [0.717, 1.165) is 6.42 Å². The standard InChI is InChI=1S/C15H21N3S/c1-15(2,3)12-6-4-11(5-7-12)8-13(18-16)14-9-17-10-19-14/h4-7,9-10,13,18H,8,16H2,1-3H3. The highest BCUT2D eigenvalue weighted by molar-refractivity contribution is 7.09. The molecule has 1 unspecified atom stereocenters. The lowest BCUT2D eigenvalue weighted by atomic mass is 9.86. The summed E-state index contributed by atoms with van der Waals surface area (Å²) < 4.78 is 0. The number of nitrogens with two attached hydrogens (primary N) is 1. The lowest BCUT2D eigenvalue weighted by Crippen LogP contribution is -2.29. The maximum absolute atomic E-state index is 5.64. The minimum Gasteiger partial charge on any atom is -0.271 e. The predicted molar refractivity (Wildman–Crippen MR) is 81.0 cm³/mol. The summed E-state index contributed by atoms with van der Waals surface area (Å²) >= 11 is 1.63. The number of hydrogen-bond donors (Lipinski definition) is 2. The Labute approximate surface area is 118 Å². The molecule has 0 fully saturated rings. The summed E-state index contributed by atoms with van der Waals surface area (Å²) in [5, 5.41) is 0. The van der Waals surface area contributed by atoms with E-state index in [2.05, 4.69) is 55.4 Å². The van der Waals surface area contributed by atoms with Gasteiger partial charge in [0.1, 0.15) is 0 Å². The molecule has 0 saturated carbocycles. The predicted octanol–water partition coefficient (Wildman–Crippen LogP) is 3.19. The van der Waals surface area contributed by atoms with Gasteiger partial charge in [0.15, 0.2) is 0 Å². The van der Waals surface area contributed by atoms with Crippen molar-refractivity contribution in [3.8, 4) is 0 Å². The highest BCUT2D eigenvalue weighted by atomic mass is 32.1. The average molecular weight is 275 g/mol. The number of thiazole rings is 1. The fourth-order valence-corrected chi connectivity index (χ4v) is 2.70. The summed E-state index contributed by atoms with van der Waals surface area (Å²) in [4.78, 5) is 5.27. The van der Waals surface area contributed by atoms with E-state index in [1.165, 1.54) is 16.0 Å². The zero-order chi connectivity index (χ0) is 13.9. The van der Waals surface area contributed by atoms with Crippen molar-refractivity contribution < 1.29 is 0 Å². The second-order valence-corrected chi connectivity index (χ2v) is 6.69. The smallest absolute Gasteiger partial charge is 0.0794 e. The second-order valence-electron chi connectivity index (χ2n) is 5.77. The van der Waals surface area contributed by atoms with E-state index in [-0.39, 0.29) is 11.5 Å². The number of aromatic nitrogens is 1. The lowest BCUT2D eigenvalue weighted by Gasteiger charge is -2.20. The Bertz CT molecular complexity index is 497. The molecule has 102 valence electrons. The van der Waals surface area contributed by atoms with Crippen LogP contribution in [0.2, 0.25) is 0 Å². The lowest BCUT2D eigenvalue weighted by molar-refractivity contribution is 0.558. The molecule has 2 rings (SSSR count). The molecular formula is C15H21N3S. The van der Waals surface area contributed by atoms with Gasteiger partial charge in [0.25, 0.3) is 0 Å². The molecule has 1 heterocycles. The van der Waals surface area contributed by atoms with E-state index in [1.807, 2.05) is 11.7 Å². The SMILES string of the molecule is CC(C)(C)c1ccc(CC(NN)c2cncs2)cc1. The van der Waals surface area contributed by atoms with Gasteiger partial charge in [0, 0.05) is 11.1 Å². The largest absolute Gasteiger partial charge is 0.271 e. The van der Waals surface area contributed by atoms with Gasteiger partial charge in [-0.15, -0.1) is 11.3 Å². The molecule has 1 atom stereocenters. The third kappa shape index (κ3) is 3.62. The fourth-order valence-electron chi connectivity index (χ4n) is 2.02. The van der Waals surface area contributed by atoms with Gasteiger partial charge in [-0.2, -0.15) is 0 Å². The minimum absolute atomic E-state index is 0.132. The Hall–Kier alpha value is -1.23. The maximum Gasteiger partial charge on any atom is 0.0794 e. The molecule has 0 aliphatic carbocycles. The van der Waals surface area contributed by atoms with Crippen molar-refractivity contribution in [2.45, 2.75) is 38.6 Å². The second kappa shape index (κ2) is 5.82. The average Bonchev–Trinajstić information content (AvgIpc) is 2.89. The van der Waals surface area contributed by atoms with Crippen LogP contribution < -0.4 is 11.3 Å². The van der Waals surface area contributed by atoms with Gasteiger partial charge in [-0.05, 0) is 23.0 Å². The zero-order valence-electron chi connectivity index (χ0n) is 11.7. The first-order valence-electron chi connectivity index (χ1n) is 6.44. The van der Waals surface area contributed by atoms with Crippen LogP contribution in [0.15, 0.2) is 36.0 Å². The molecule has 4 heteroatoms. The van der Waals surface area contributed by atoms with Gasteiger partial charge in [-0.1, -0.05) is 45.0 Å². The van der Waals surface area contributed by atoms with Crippen LogP contribution in [0.25, 0.3) is 0 Å². The van der Waals surface area contributed by atoms with Crippen LogP contribution >= 0.6 is 11.3 Å². The van der Waals surface area contributed by atoms with Crippen molar-refractivity contribution in [1.29, 1.82) is 0 Å². The molecule has 0 amide bonds. The molecule has 0 radical (unpaired) electrons. The third-order valence-electron chi connectivity index (χ3n) is 3.26. The first-order chi connectivity index (χ1) is 9.00. The Balaban J connectivity index is 2.11. The zero-order valence-corrected chi connectivity index (χ0v) is 12.5. The highest BCUT2D eigenvalue weighted by Gasteiger charge is 2.15. The van der Waals surface area contributed by atoms with E-state index < -0.39 is 0 Å². The summed E-state index contributed by atoms with van der Waals surface area (Å²) in [5.41, 5.74) is 7.53. The monoisotopic (exact) mass is 275 g/mol. The molecule has 0 spiro atoms. The van der Waals surface area contributed by atoms with Crippen molar-refractivity contribution in [2.75, 3.05) is 0 Å². The molecule has 0 aliphatic heterocycles. The number of rotatable bonds is 4. The molecule has 19 heavy (non-hydrogen) atoms. The van der Waals surface area contributed by atoms with E-state index in [0.29, 0.717) is 0 Å². The Morgan fingerprint density at radius 1 is 1.26 bits per heavy atom. The van der Waals surface area contributed by atoms with Crippen LogP contribution in [0.4, 0.5) is 0 Å². The quantitative estimate of drug-likeness (QED) is 0.665. The number of hydrazine groups is 1. The van der Waals surface area contributed by atoms with Crippen molar-refractivity contribution in [2.24, 2.45) is 5.84 Å². The van der Waals surface area contributed by atoms with E-state index in [1.54, 1.807) is 11.3 Å². The number of hydrogen-bond acceptors (Lipinski definition) is 4. The van der Waals surface area contributed by atoms with Crippen LogP contribution in [0.1, 0.15) is 42.8 Å². The van der Waals surface area contributed by atoms with Crippen LogP contribution in [0.5, 0.6) is 0 Å². The van der Waals surface area contributed by atoms with Crippen molar-refractivity contribution in [3.63, 3.8) is 0 Å². The highest BCUT2D eigenvalue weighted by Crippen LogP contribution is 2.25. The summed E-state index contributed by atoms with van der Waals surface area (Å²) in [6.07, 6.45) is 2.75. The molecule has 1 aromatic carbocycles. The van der Waals surface area contributed by atoms with Gasteiger partial charge in [0.05, 0.1) is 11.6 Å². The third-order valence-corrected chi connectivity index (χ3v) is 4.15. The fraction of sp³-hybridized carbons (Fsp3) is 0.400. The van der Waals surface area contributed by atoms with Crippen LogP contribution in [-0.4, -0.2) is 4.98 Å². The molecule has 0 saturated heterocycles. The van der Waals surface area contributed by atoms with Gasteiger partial charge in [-0.3, -0.25) is 16.3 Å². The summed E-state index contributed by atoms with van der Waals surface area (Å²) in [6.45, 7) is 6.68. The number of nitrogens with one attached hydrogen (secondary N) is 1. The van der Waals surface area contributed by atoms with Crippen LogP contribution in [0.3, 0.4) is 0 Å². The van der Waals surface area contributed by atoms with Crippen molar-refractivity contribution in [3.05, 3.63) is 52.0 Å². The molecule has 0 aliphatic rings. The van der Waals surface area contributed by atoms with Gasteiger partial charge >= 0.3 is 0 Å². The van der Waals surface area contributed by atoms with Gasteiger partial charge < -0.3 is 0 Å². The molecule has 0 bridgehead atoms. The normalized spacial score (nSPS) is 13.5. The van der Waals surface area contributed by atoms with E-state index in [4.69, 9.17) is 5.84 Å². The topological polar surface area (TPSA) is 50.9 Å². The summed E-state index contributed by atoms with van der Waals surface area (Å²) in [6, 6.07) is 8.91. The van der Waals surface area contributed by atoms with Crippen molar-refractivity contribution >= 4 is 11.3 Å². The van der Waals surface area contributed by atoms with Crippen molar-refractivity contribution in [1.82, 2.24) is 10.4 Å². The molecule has 1 aromatic heterocycles. The first-order valence-corrected chi connectivity index (χ1v) is 7.32. The number of benzene rings is 1. The molecule has 3 nitrogen and oxygen atoms in total. The molecule has 3 N–H and O–H groups in total. The Kier molecular flexibility index (Phi) is 4.34. The van der Waals surface area contributed by atoms with Gasteiger partial charge in [-0.25, -0.2) is 0 Å². The molecule has 2 aromatic rings. The number of nitrogens with zero attached hydrogens (tertiary/aromatic N) is 1.